The molecule has 4 rings (SSSR count). The van der Waals surface area contributed by atoms with Gasteiger partial charge >= 0.3 is 0 Å². The molecule has 0 aliphatic carbocycles. The van der Waals surface area contributed by atoms with Crippen molar-refractivity contribution in [3.05, 3.63) is 60.0 Å². The predicted molar refractivity (Wildman–Crippen MR) is 83.9 cm³/mol. The number of benzene rings is 2. The minimum Gasteiger partial charge on any atom is -0.325 e. The van der Waals surface area contributed by atoms with Crippen LogP contribution in [0.1, 0.15) is 5.69 Å². The van der Waals surface area contributed by atoms with Gasteiger partial charge in [-0.25, -0.2) is 9.37 Å². The van der Waals surface area contributed by atoms with Crippen molar-refractivity contribution in [2.75, 3.05) is 0 Å². The van der Waals surface area contributed by atoms with Gasteiger partial charge in [-0.15, -0.1) is 0 Å². The van der Waals surface area contributed by atoms with E-state index in [1.54, 1.807) is 23.5 Å². The predicted octanol–water partition coefficient (Wildman–Crippen LogP) is 3.81. The zero-order valence-corrected chi connectivity index (χ0v) is 11.9. The second kappa shape index (κ2) is 4.65. The zero-order chi connectivity index (χ0) is 14.4. The molecule has 104 valence electrons. The molecule has 0 saturated carbocycles. The van der Waals surface area contributed by atoms with Crippen LogP contribution in [0.3, 0.4) is 0 Å². The molecule has 0 amide bonds. The van der Waals surface area contributed by atoms with Crippen LogP contribution >= 0.6 is 11.3 Å². The van der Waals surface area contributed by atoms with E-state index in [0.717, 1.165) is 27.4 Å². The van der Waals surface area contributed by atoms with E-state index < -0.39 is 0 Å². The average molecular weight is 297 g/mol. The third kappa shape index (κ3) is 1.86. The molecule has 0 spiro atoms. The highest BCUT2D eigenvalue weighted by Crippen LogP contribution is 2.32. The Kier molecular flexibility index (Phi) is 2.77. The lowest BCUT2D eigenvalue weighted by molar-refractivity contribution is 0.628. The molecule has 0 aliphatic rings. The van der Waals surface area contributed by atoms with Crippen LogP contribution in [-0.4, -0.2) is 9.38 Å². The Morgan fingerprint density at radius 1 is 1.10 bits per heavy atom. The van der Waals surface area contributed by atoms with E-state index in [0.29, 0.717) is 6.54 Å². The Bertz CT molecular complexity index is 937. The number of thiazole rings is 1. The monoisotopic (exact) mass is 297 g/mol. The van der Waals surface area contributed by atoms with Gasteiger partial charge in [-0.05, 0) is 36.4 Å². The Hall–Kier alpha value is -2.24. The van der Waals surface area contributed by atoms with E-state index in [9.17, 15) is 4.39 Å². The first-order valence-electron chi connectivity index (χ1n) is 6.63. The third-order valence-corrected chi connectivity index (χ3v) is 4.58. The maximum Gasteiger partial charge on any atom is 0.195 e. The van der Waals surface area contributed by atoms with Crippen molar-refractivity contribution >= 4 is 26.5 Å². The van der Waals surface area contributed by atoms with Gasteiger partial charge in [0.05, 0.1) is 21.6 Å². The second-order valence-corrected chi connectivity index (χ2v) is 5.81. The minimum absolute atomic E-state index is 0.250. The first-order chi connectivity index (χ1) is 10.3. The van der Waals surface area contributed by atoms with Crippen LogP contribution in [0, 0.1) is 5.82 Å². The molecule has 2 heterocycles. The van der Waals surface area contributed by atoms with Gasteiger partial charge in [-0.1, -0.05) is 23.5 Å². The summed E-state index contributed by atoms with van der Waals surface area (Å²) in [6.45, 7) is 0.384. The molecule has 0 atom stereocenters. The van der Waals surface area contributed by atoms with Crippen molar-refractivity contribution in [2.24, 2.45) is 5.73 Å². The molecule has 4 aromatic rings. The van der Waals surface area contributed by atoms with Crippen molar-refractivity contribution in [1.82, 2.24) is 9.38 Å². The second-order valence-electron chi connectivity index (χ2n) is 4.81. The Morgan fingerprint density at radius 2 is 1.86 bits per heavy atom. The van der Waals surface area contributed by atoms with Crippen LogP contribution < -0.4 is 5.73 Å². The SMILES string of the molecule is NCc1c(-c2ccc(F)cc2)nc2sc3ccccc3n12. The smallest absolute Gasteiger partial charge is 0.195 e. The van der Waals surface area contributed by atoms with Crippen molar-refractivity contribution < 1.29 is 4.39 Å². The van der Waals surface area contributed by atoms with E-state index in [4.69, 9.17) is 10.7 Å². The summed E-state index contributed by atoms with van der Waals surface area (Å²) in [4.78, 5) is 5.61. The highest BCUT2D eigenvalue weighted by molar-refractivity contribution is 7.23. The van der Waals surface area contributed by atoms with Crippen LogP contribution in [0.15, 0.2) is 48.5 Å². The Morgan fingerprint density at radius 3 is 2.62 bits per heavy atom. The molecule has 3 nitrogen and oxygen atoms in total. The van der Waals surface area contributed by atoms with E-state index in [2.05, 4.69) is 16.5 Å². The number of rotatable bonds is 2. The molecule has 0 bridgehead atoms. The summed E-state index contributed by atoms with van der Waals surface area (Å²) in [5.74, 6) is -0.250. The van der Waals surface area contributed by atoms with E-state index >= 15 is 0 Å². The molecule has 0 aliphatic heterocycles. The fourth-order valence-corrected chi connectivity index (χ4v) is 3.65. The molecule has 0 saturated heterocycles. The highest BCUT2D eigenvalue weighted by Gasteiger charge is 2.16. The quantitative estimate of drug-likeness (QED) is 0.611. The van der Waals surface area contributed by atoms with Crippen molar-refractivity contribution in [3.63, 3.8) is 0 Å². The lowest BCUT2D eigenvalue weighted by atomic mass is 10.1. The van der Waals surface area contributed by atoms with Crippen molar-refractivity contribution in [1.29, 1.82) is 0 Å². The minimum atomic E-state index is -0.250. The highest BCUT2D eigenvalue weighted by atomic mass is 32.1. The number of halogens is 1. The lowest BCUT2D eigenvalue weighted by Crippen LogP contribution is -2.02. The summed E-state index contributed by atoms with van der Waals surface area (Å²) >= 11 is 1.63. The maximum atomic E-state index is 13.1. The number of fused-ring (bicyclic) bond motifs is 3. The first kappa shape index (κ1) is 12.5. The molecule has 2 N–H and O–H groups in total. The molecular weight excluding hydrogens is 285 g/mol. The van der Waals surface area contributed by atoms with Gasteiger partial charge in [0.1, 0.15) is 5.82 Å². The molecule has 5 heteroatoms. The van der Waals surface area contributed by atoms with E-state index in [1.807, 2.05) is 12.1 Å². The number of imidazole rings is 1. The number of nitrogens with two attached hydrogens (primary N) is 1. The van der Waals surface area contributed by atoms with Gasteiger partial charge in [0.25, 0.3) is 0 Å². The number of hydrogen-bond donors (Lipinski definition) is 1. The number of hydrogen-bond acceptors (Lipinski definition) is 3. The summed E-state index contributed by atoms with van der Waals surface area (Å²) < 4.78 is 16.4. The van der Waals surface area contributed by atoms with Gasteiger partial charge in [-0.3, -0.25) is 4.40 Å². The molecule has 0 radical (unpaired) electrons. The summed E-state index contributed by atoms with van der Waals surface area (Å²) in [6, 6.07) is 14.5. The topological polar surface area (TPSA) is 43.3 Å². The van der Waals surface area contributed by atoms with Crippen molar-refractivity contribution in [3.8, 4) is 11.3 Å². The Balaban J connectivity index is 2.04. The third-order valence-electron chi connectivity index (χ3n) is 3.56. The van der Waals surface area contributed by atoms with E-state index in [-0.39, 0.29) is 5.82 Å². The molecular formula is C16H12FN3S. The Labute approximate surface area is 124 Å². The summed E-state index contributed by atoms with van der Waals surface area (Å²) in [5.41, 5.74) is 9.73. The van der Waals surface area contributed by atoms with Crippen LogP contribution in [0.25, 0.3) is 26.4 Å². The molecule has 0 unspecified atom stereocenters. The molecule has 0 fully saturated rings. The average Bonchev–Trinajstić information content (AvgIpc) is 3.03. The summed E-state index contributed by atoms with van der Waals surface area (Å²) in [7, 11) is 0. The zero-order valence-electron chi connectivity index (χ0n) is 11.1. The van der Waals surface area contributed by atoms with E-state index in [1.165, 1.54) is 16.8 Å². The van der Waals surface area contributed by atoms with Crippen LogP contribution in [0.4, 0.5) is 4.39 Å². The number of aromatic nitrogens is 2. The van der Waals surface area contributed by atoms with Crippen LogP contribution in [0.2, 0.25) is 0 Å². The number of para-hydroxylation sites is 1. The largest absolute Gasteiger partial charge is 0.325 e. The first-order valence-corrected chi connectivity index (χ1v) is 7.44. The van der Waals surface area contributed by atoms with Gasteiger partial charge < -0.3 is 5.73 Å². The van der Waals surface area contributed by atoms with Gasteiger partial charge in [-0.2, -0.15) is 0 Å². The van der Waals surface area contributed by atoms with Crippen LogP contribution in [0.5, 0.6) is 0 Å². The van der Waals surface area contributed by atoms with Gasteiger partial charge in [0, 0.05) is 12.1 Å². The van der Waals surface area contributed by atoms with Gasteiger partial charge in [0.15, 0.2) is 4.96 Å². The summed E-state index contributed by atoms with van der Waals surface area (Å²) in [6.07, 6.45) is 0. The fraction of sp³-hybridized carbons (Fsp3) is 0.0625. The normalized spacial score (nSPS) is 11.5. The standard InChI is InChI=1S/C16H12FN3S/c17-11-7-5-10(6-8-11)15-13(9-18)20-12-3-1-2-4-14(12)21-16(20)19-15/h1-8H,9,18H2. The lowest BCUT2D eigenvalue weighted by Gasteiger charge is -2.02. The number of nitrogens with zero attached hydrogens (tertiary/aromatic N) is 2. The summed E-state index contributed by atoms with van der Waals surface area (Å²) in [5, 5.41) is 0. The van der Waals surface area contributed by atoms with Crippen molar-refractivity contribution in [2.45, 2.75) is 6.54 Å². The fourth-order valence-electron chi connectivity index (χ4n) is 2.60. The molecule has 2 aromatic heterocycles. The molecule has 2 aromatic carbocycles. The van der Waals surface area contributed by atoms with Crippen LogP contribution in [-0.2, 0) is 6.54 Å². The molecule has 21 heavy (non-hydrogen) atoms. The maximum absolute atomic E-state index is 13.1. The van der Waals surface area contributed by atoms with Gasteiger partial charge in [0.2, 0.25) is 0 Å².